The number of hydrogen-bond acceptors (Lipinski definition) is 4. The zero-order valence-corrected chi connectivity index (χ0v) is 12.2. The van der Waals surface area contributed by atoms with E-state index < -0.39 is 15.3 Å². The molecule has 0 aromatic heterocycles. The average Bonchev–Trinajstić information content (AvgIpc) is 2.24. The van der Waals surface area contributed by atoms with Crippen LogP contribution in [0.1, 0.15) is 27.2 Å². The topological polar surface area (TPSA) is 72.6 Å². The minimum absolute atomic E-state index is 0.167. The van der Waals surface area contributed by atoms with Gasteiger partial charge in [0.2, 0.25) is 10.0 Å². The van der Waals surface area contributed by atoms with Crippen LogP contribution in [0.25, 0.3) is 0 Å². The van der Waals surface area contributed by atoms with Crippen LogP contribution in [0.5, 0.6) is 0 Å². The molecule has 0 aromatic carbocycles. The lowest BCUT2D eigenvalue weighted by Crippen LogP contribution is -2.44. The highest BCUT2D eigenvalue weighted by molar-refractivity contribution is 7.89. The van der Waals surface area contributed by atoms with Crippen molar-refractivity contribution < 1.29 is 13.2 Å². The van der Waals surface area contributed by atoms with E-state index in [2.05, 4.69) is 0 Å². The van der Waals surface area contributed by atoms with Crippen molar-refractivity contribution in [3.05, 3.63) is 0 Å². The SMILES string of the molecule is CCC(CN)S(=O)(=O)N(CCOC)CC(C)C. The predicted molar refractivity (Wildman–Crippen MR) is 70.3 cm³/mol. The smallest absolute Gasteiger partial charge is 0.218 e. The Kier molecular flexibility index (Phi) is 7.94. The molecule has 0 aliphatic rings. The van der Waals surface area contributed by atoms with E-state index in [1.165, 1.54) is 4.31 Å². The van der Waals surface area contributed by atoms with Crippen molar-refractivity contribution >= 4 is 10.0 Å². The quantitative estimate of drug-likeness (QED) is 0.665. The molecular formula is C11H26N2O3S. The predicted octanol–water partition coefficient (Wildman–Crippen LogP) is 0.658. The molecule has 5 nitrogen and oxygen atoms in total. The van der Waals surface area contributed by atoms with Gasteiger partial charge in [-0.2, -0.15) is 4.31 Å². The van der Waals surface area contributed by atoms with Crippen LogP contribution < -0.4 is 5.73 Å². The van der Waals surface area contributed by atoms with Gasteiger partial charge in [0.05, 0.1) is 11.9 Å². The number of rotatable bonds is 9. The summed E-state index contributed by atoms with van der Waals surface area (Å²) in [6.45, 7) is 7.33. The first-order valence-corrected chi connectivity index (χ1v) is 7.58. The van der Waals surface area contributed by atoms with E-state index in [1.54, 1.807) is 7.11 Å². The molecule has 0 rings (SSSR count). The zero-order chi connectivity index (χ0) is 13.5. The molecule has 17 heavy (non-hydrogen) atoms. The molecule has 0 aliphatic heterocycles. The van der Waals surface area contributed by atoms with Crippen LogP contribution in [0, 0.1) is 5.92 Å². The number of sulfonamides is 1. The van der Waals surface area contributed by atoms with Crippen molar-refractivity contribution in [2.24, 2.45) is 11.7 Å². The Morgan fingerprint density at radius 2 is 1.94 bits per heavy atom. The summed E-state index contributed by atoms with van der Waals surface area (Å²) in [5, 5.41) is -0.488. The van der Waals surface area contributed by atoms with Gasteiger partial charge in [0.15, 0.2) is 0 Å². The van der Waals surface area contributed by atoms with E-state index in [0.29, 0.717) is 26.1 Å². The fourth-order valence-electron chi connectivity index (χ4n) is 1.63. The summed E-state index contributed by atoms with van der Waals surface area (Å²) in [7, 11) is -1.73. The highest BCUT2D eigenvalue weighted by atomic mass is 32.2. The Bertz CT molecular complexity index is 287. The minimum atomic E-state index is -3.30. The van der Waals surface area contributed by atoms with Crippen LogP contribution in [0.4, 0.5) is 0 Å². The van der Waals surface area contributed by atoms with Gasteiger partial charge in [0.25, 0.3) is 0 Å². The summed E-state index contributed by atoms with van der Waals surface area (Å²) in [5.41, 5.74) is 5.53. The lowest BCUT2D eigenvalue weighted by Gasteiger charge is -2.27. The lowest BCUT2D eigenvalue weighted by molar-refractivity contribution is 0.175. The van der Waals surface area contributed by atoms with Crippen molar-refractivity contribution in [2.45, 2.75) is 32.4 Å². The molecule has 0 aromatic rings. The van der Waals surface area contributed by atoms with Crippen LogP contribution in [0.15, 0.2) is 0 Å². The maximum Gasteiger partial charge on any atom is 0.218 e. The number of nitrogens with two attached hydrogens (primary N) is 1. The molecule has 2 N–H and O–H groups in total. The van der Waals surface area contributed by atoms with Gasteiger partial charge in [-0.25, -0.2) is 8.42 Å². The van der Waals surface area contributed by atoms with Crippen LogP contribution in [0.3, 0.4) is 0 Å². The third kappa shape index (κ3) is 5.33. The van der Waals surface area contributed by atoms with E-state index in [1.807, 2.05) is 20.8 Å². The normalized spacial score (nSPS) is 14.5. The van der Waals surface area contributed by atoms with Gasteiger partial charge in [0, 0.05) is 26.7 Å². The molecule has 0 amide bonds. The standard InChI is InChI=1S/C11H26N2O3S/c1-5-11(8-12)17(14,15)13(6-7-16-4)9-10(2)3/h10-11H,5-9,12H2,1-4H3. The Labute approximate surface area is 105 Å². The first kappa shape index (κ1) is 16.8. The van der Waals surface area contributed by atoms with Gasteiger partial charge in [-0.15, -0.1) is 0 Å². The van der Waals surface area contributed by atoms with Gasteiger partial charge in [0.1, 0.15) is 0 Å². The first-order chi connectivity index (χ1) is 7.89. The molecule has 6 heteroatoms. The van der Waals surface area contributed by atoms with E-state index in [0.717, 1.165) is 0 Å². The van der Waals surface area contributed by atoms with Crippen molar-refractivity contribution in [2.75, 3.05) is 33.4 Å². The van der Waals surface area contributed by atoms with Gasteiger partial charge < -0.3 is 10.5 Å². The molecular weight excluding hydrogens is 240 g/mol. The second-order valence-corrected chi connectivity index (χ2v) is 6.77. The van der Waals surface area contributed by atoms with E-state index in [-0.39, 0.29) is 12.5 Å². The molecule has 0 radical (unpaired) electrons. The Morgan fingerprint density at radius 1 is 1.35 bits per heavy atom. The van der Waals surface area contributed by atoms with Gasteiger partial charge >= 0.3 is 0 Å². The van der Waals surface area contributed by atoms with Gasteiger partial charge in [-0.05, 0) is 12.3 Å². The second kappa shape index (κ2) is 8.02. The van der Waals surface area contributed by atoms with E-state index in [9.17, 15) is 8.42 Å². The van der Waals surface area contributed by atoms with Crippen LogP contribution in [-0.2, 0) is 14.8 Å². The molecule has 0 fully saturated rings. The van der Waals surface area contributed by atoms with Crippen LogP contribution in [0.2, 0.25) is 0 Å². The van der Waals surface area contributed by atoms with Crippen molar-refractivity contribution in [3.63, 3.8) is 0 Å². The van der Waals surface area contributed by atoms with Gasteiger partial charge in [-0.1, -0.05) is 20.8 Å². The maximum atomic E-state index is 12.3. The fourth-order valence-corrected chi connectivity index (χ4v) is 3.55. The molecule has 0 saturated heterocycles. The summed E-state index contributed by atoms with van der Waals surface area (Å²) < 4.78 is 31.1. The zero-order valence-electron chi connectivity index (χ0n) is 11.3. The number of hydrogen-bond donors (Lipinski definition) is 1. The fraction of sp³-hybridized carbons (Fsp3) is 1.00. The summed E-state index contributed by atoms with van der Waals surface area (Å²) in [6.07, 6.45) is 0.542. The van der Waals surface area contributed by atoms with Gasteiger partial charge in [-0.3, -0.25) is 0 Å². The largest absolute Gasteiger partial charge is 0.383 e. The van der Waals surface area contributed by atoms with Crippen molar-refractivity contribution in [1.82, 2.24) is 4.31 Å². The Balaban J connectivity index is 4.86. The molecule has 1 atom stereocenters. The Hall–Kier alpha value is -0.170. The Morgan fingerprint density at radius 3 is 2.29 bits per heavy atom. The third-order valence-corrected chi connectivity index (χ3v) is 5.03. The average molecular weight is 266 g/mol. The molecule has 104 valence electrons. The first-order valence-electron chi connectivity index (χ1n) is 6.08. The number of ether oxygens (including phenoxy) is 1. The highest BCUT2D eigenvalue weighted by Crippen LogP contribution is 2.13. The number of methoxy groups -OCH3 is 1. The molecule has 0 saturated carbocycles. The molecule has 0 aliphatic carbocycles. The minimum Gasteiger partial charge on any atom is -0.383 e. The number of nitrogens with zero attached hydrogens (tertiary/aromatic N) is 1. The third-order valence-electron chi connectivity index (χ3n) is 2.61. The summed E-state index contributed by atoms with van der Waals surface area (Å²) in [4.78, 5) is 0. The lowest BCUT2D eigenvalue weighted by atomic mass is 10.2. The molecule has 0 heterocycles. The molecule has 0 spiro atoms. The highest BCUT2D eigenvalue weighted by Gasteiger charge is 2.29. The van der Waals surface area contributed by atoms with Crippen LogP contribution in [-0.4, -0.2) is 51.3 Å². The van der Waals surface area contributed by atoms with Crippen LogP contribution >= 0.6 is 0 Å². The van der Waals surface area contributed by atoms with Crippen molar-refractivity contribution in [3.8, 4) is 0 Å². The summed E-state index contributed by atoms with van der Waals surface area (Å²) in [5.74, 6) is 0.289. The monoisotopic (exact) mass is 266 g/mol. The molecule has 1 unspecified atom stereocenters. The van der Waals surface area contributed by atoms with E-state index >= 15 is 0 Å². The summed E-state index contributed by atoms with van der Waals surface area (Å²) in [6, 6.07) is 0. The summed E-state index contributed by atoms with van der Waals surface area (Å²) >= 11 is 0. The maximum absolute atomic E-state index is 12.3. The van der Waals surface area contributed by atoms with Crippen molar-refractivity contribution in [1.29, 1.82) is 0 Å². The molecule has 0 bridgehead atoms. The van der Waals surface area contributed by atoms with E-state index in [4.69, 9.17) is 10.5 Å². The second-order valence-electron chi connectivity index (χ2n) is 4.56.